The minimum Gasteiger partial charge on any atom is -0.353 e. The molecule has 0 aromatic carbocycles. The molecule has 1 N–H and O–H groups in total. The van der Waals surface area contributed by atoms with E-state index in [1.807, 2.05) is 18.0 Å². The Bertz CT molecular complexity index is 523. The third kappa shape index (κ3) is 2.48. The van der Waals surface area contributed by atoms with E-state index in [1.54, 1.807) is 0 Å². The summed E-state index contributed by atoms with van der Waals surface area (Å²) in [7, 11) is 0. The summed E-state index contributed by atoms with van der Waals surface area (Å²) in [5.41, 5.74) is 1.17. The molecule has 0 bridgehead atoms. The highest BCUT2D eigenvalue weighted by atomic mass is 32.2. The Morgan fingerprint density at radius 2 is 2.29 bits per heavy atom. The second-order valence-electron chi connectivity index (χ2n) is 6.69. The van der Waals surface area contributed by atoms with Crippen LogP contribution >= 0.6 is 11.8 Å². The summed E-state index contributed by atoms with van der Waals surface area (Å²) in [6.45, 7) is 6.39. The van der Waals surface area contributed by atoms with Gasteiger partial charge in [0.2, 0.25) is 5.91 Å². The zero-order valence-electron chi connectivity index (χ0n) is 13.0. The first-order valence-electron chi connectivity index (χ1n) is 7.89. The van der Waals surface area contributed by atoms with Crippen molar-refractivity contribution < 1.29 is 4.79 Å². The molecule has 21 heavy (non-hydrogen) atoms. The first-order chi connectivity index (χ1) is 10.0. The minimum absolute atomic E-state index is 0.0482. The molecule has 0 aromatic heterocycles. The van der Waals surface area contributed by atoms with E-state index in [0.29, 0.717) is 11.8 Å². The summed E-state index contributed by atoms with van der Waals surface area (Å²) >= 11 is 1.94. The minimum atomic E-state index is 0.0482. The lowest BCUT2D eigenvalue weighted by Crippen LogP contribution is -2.46. The molecule has 2 aliphatic heterocycles. The van der Waals surface area contributed by atoms with Crippen LogP contribution in [0.5, 0.6) is 0 Å². The van der Waals surface area contributed by atoms with E-state index in [-0.39, 0.29) is 22.6 Å². The monoisotopic (exact) mass is 304 g/mol. The largest absolute Gasteiger partial charge is 0.353 e. The molecule has 4 unspecified atom stereocenters. The van der Waals surface area contributed by atoms with Gasteiger partial charge < -0.3 is 5.32 Å². The smallest absolute Gasteiger partial charge is 0.224 e. The van der Waals surface area contributed by atoms with Crippen LogP contribution in [-0.4, -0.2) is 28.7 Å². The van der Waals surface area contributed by atoms with Gasteiger partial charge in [-0.2, -0.15) is 0 Å². The number of hydrogen-bond donors (Lipinski definition) is 1. The van der Waals surface area contributed by atoms with E-state index in [1.165, 1.54) is 5.70 Å². The summed E-state index contributed by atoms with van der Waals surface area (Å²) in [6.07, 6.45) is 10.4. The quantitative estimate of drug-likeness (QED) is 0.870. The van der Waals surface area contributed by atoms with E-state index in [9.17, 15) is 4.79 Å². The molecule has 1 saturated heterocycles. The van der Waals surface area contributed by atoms with Crippen LogP contribution in [0.1, 0.15) is 33.6 Å². The van der Waals surface area contributed by atoms with Gasteiger partial charge in [-0.15, -0.1) is 11.8 Å². The summed E-state index contributed by atoms with van der Waals surface area (Å²) < 4.78 is 0.0482. The zero-order valence-corrected chi connectivity index (χ0v) is 13.8. The molecular weight excluding hydrogens is 280 g/mol. The van der Waals surface area contributed by atoms with Gasteiger partial charge in [-0.25, -0.2) is 0 Å². The standard InChI is InChI=1S/C17H24N2OS/c1-11(2)12(3)19-16(20)13-10-21-17-8-5-4-6-15(17)18-9-7-14(13)17/h4-6,9,11-14H,7-8,10H2,1-3H3,(H,19,20). The third-order valence-electron chi connectivity index (χ3n) is 5.15. The molecule has 1 fully saturated rings. The molecule has 0 saturated carbocycles. The van der Waals surface area contributed by atoms with Gasteiger partial charge in [-0.05, 0) is 37.7 Å². The van der Waals surface area contributed by atoms with Gasteiger partial charge in [-0.1, -0.05) is 26.0 Å². The van der Waals surface area contributed by atoms with Crippen molar-refractivity contribution >= 4 is 23.9 Å². The van der Waals surface area contributed by atoms with Crippen LogP contribution in [0.25, 0.3) is 0 Å². The fourth-order valence-electron chi connectivity index (χ4n) is 3.44. The SMILES string of the molecule is CC(C)C(C)NC(=O)C1CSC23CC=CC=C2N=CCC13. The molecule has 0 aromatic rings. The first kappa shape index (κ1) is 14.9. The van der Waals surface area contributed by atoms with Crippen molar-refractivity contribution in [3.63, 3.8) is 0 Å². The van der Waals surface area contributed by atoms with Crippen molar-refractivity contribution in [3.8, 4) is 0 Å². The van der Waals surface area contributed by atoms with E-state index in [2.05, 4.69) is 49.3 Å². The van der Waals surface area contributed by atoms with Crippen molar-refractivity contribution in [2.24, 2.45) is 22.7 Å². The highest BCUT2D eigenvalue weighted by molar-refractivity contribution is 8.01. The van der Waals surface area contributed by atoms with Crippen molar-refractivity contribution in [1.82, 2.24) is 5.32 Å². The lowest BCUT2D eigenvalue weighted by Gasteiger charge is -2.39. The number of carbonyl (C=O) groups excluding carboxylic acids is 1. The molecule has 114 valence electrons. The Kier molecular flexibility index (Phi) is 4.00. The van der Waals surface area contributed by atoms with Gasteiger partial charge >= 0.3 is 0 Å². The topological polar surface area (TPSA) is 41.5 Å². The van der Waals surface area contributed by atoms with Crippen molar-refractivity contribution in [1.29, 1.82) is 0 Å². The number of aliphatic imine (C=N–C) groups is 1. The number of rotatable bonds is 3. The number of thioether (sulfide) groups is 1. The molecule has 3 aliphatic rings. The number of hydrogen-bond acceptors (Lipinski definition) is 3. The third-order valence-corrected chi connectivity index (χ3v) is 6.87. The van der Waals surface area contributed by atoms with E-state index >= 15 is 0 Å². The van der Waals surface area contributed by atoms with Crippen molar-refractivity contribution in [3.05, 3.63) is 23.9 Å². The highest BCUT2D eigenvalue weighted by Gasteiger charge is 2.54. The summed E-state index contributed by atoms with van der Waals surface area (Å²) in [5.74, 6) is 2.11. The molecule has 1 aliphatic carbocycles. The maximum atomic E-state index is 12.7. The van der Waals surface area contributed by atoms with Crippen molar-refractivity contribution in [2.75, 3.05) is 5.75 Å². The number of nitrogens with one attached hydrogen (secondary N) is 1. The summed E-state index contributed by atoms with van der Waals surface area (Å²) in [4.78, 5) is 17.3. The van der Waals surface area contributed by atoms with Gasteiger partial charge in [0.25, 0.3) is 0 Å². The highest BCUT2D eigenvalue weighted by Crippen LogP contribution is 2.57. The Hall–Kier alpha value is -1.03. The fraction of sp³-hybridized carbons (Fsp3) is 0.647. The molecular formula is C17H24N2OS. The molecule has 4 atom stereocenters. The second kappa shape index (κ2) is 5.64. The van der Waals surface area contributed by atoms with Crippen LogP contribution in [-0.2, 0) is 4.79 Å². The van der Waals surface area contributed by atoms with Gasteiger partial charge in [0.05, 0.1) is 16.4 Å². The molecule has 2 heterocycles. The number of carbonyl (C=O) groups is 1. The zero-order chi connectivity index (χ0) is 15.0. The molecule has 3 rings (SSSR count). The summed E-state index contributed by atoms with van der Waals surface area (Å²) in [6, 6.07) is 0.234. The van der Waals surface area contributed by atoms with Gasteiger partial charge in [0.15, 0.2) is 0 Å². The Morgan fingerprint density at radius 1 is 1.48 bits per heavy atom. The maximum Gasteiger partial charge on any atom is 0.224 e. The van der Waals surface area contributed by atoms with Crippen LogP contribution < -0.4 is 5.32 Å². The van der Waals surface area contributed by atoms with Gasteiger partial charge in [-0.3, -0.25) is 9.79 Å². The van der Waals surface area contributed by atoms with E-state index in [4.69, 9.17) is 0 Å². The lowest BCUT2D eigenvalue weighted by atomic mass is 9.73. The van der Waals surface area contributed by atoms with Crippen LogP contribution in [0.15, 0.2) is 28.9 Å². The number of amides is 1. The van der Waals surface area contributed by atoms with Crippen LogP contribution in [0.3, 0.4) is 0 Å². The van der Waals surface area contributed by atoms with Gasteiger partial charge in [0.1, 0.15) is 0 Å². The normalized spacial score (nSPS) is 35.1. The average molecular weight is 304 g/mol. The number of allylic oxidation sites excluding steroid dienone is 3. The molecule has 3 nitrogen and oxygen atoms in total. The van der Waals surface area contributed by atoms with Crippen molar-refractivity contribution in [2.45, 2.75) is 44.4 Å². The number of nitrogens with zero attached hydrogens (tertiary/aromatic N) is 1. The Labute approximate surface area is 131 Å². The van der Waals surface area contributed by atoms with E-state index < -0.39 is 0 Å². The van der Waals surface area contributed by atoms with Crippen LogP contribution in [0.4, 0.5) is 0 Å². The molecule has 1 amide bonds. The van der Waals surface area contributed by atoms with Crippen LogP contribution in [0, 0.1) is 17.8 Å². The predicted molar refractivity (Wildman–Crippen MR) is 89.6 cm³/mol. The Balaban J connectivity index is 1.79. The average Bonchev–Trinajstić information content (AvgIpc) is 2.84. The fourth-order valence-corrected chi connectivity index (χ4v) is 5.25. The lowest BCUT2D eigenvalue weighted by molar-refractivity contribution is -0.126. The Morgan fingerprint density at radius 3 is 3.05 bits per heavy atom. The maximum absolute atomic E-state index is 12.7. The predicted octanol–water partition coefficient (Wildman–Crippen LogP) is 3.18. The molecule has 1 spiro atoms. The van der Waals surface area contributed by atoms with Gasteiger partial charge in [0, 0.05) is 18.0 Å². The first-order valence-corrected chi connectivity index (χ1v) is 8.87. The second-order valence-corrected chi connectivity index (χ2v) is 8.04. The molecule has 0 radical (unpaired) electrons. The van der Waals surface area contributed by atoms with Crippen LogP contribution in [0.2, 0.25) is 0 Å². The molecule has 4 heteroatoms. The van der Waals surface area contributed by atoms with E-state index in [0.717, 1.165) is 18.6 Å². The summed E-state index contributed by atoms with van der Waals surface area (Å²) in [5, 5.41) is 3.21.